The molecule has 200 valence electrons. The molecule has 3 atom stereocenters. The van der Waals surface area contributed by atoms with Crippen molar-refractivity contribution in [3.8, 4) is 17.2 Å². The van der Waals surface area contributed by atoms with Gasteiger partial charge in [0.2, 0.25) is 13.1 Å². The van der Waals surface area contributed by atoms with Gasteiger partial charge in [0.15, 0.2) is 17.3 Å². The normalized spacial score (nSPS) is 20.3. The number of rotatable bonds is 13. The minimum Gasteiger partial charge on any atom is -0.506 e. The van der Waals surface area contributed by atoms with Gasteiger partial charge in [-0.25, -0.2) is 0 Å². The Balaban J connectivity index is 1.56. The molecule has 4 rings (SSSR count). The van der Waals surface area contributed by atoms with Gasteiger partial charge in [-0.2, -0.15) is 0 Å². The number of fused-ring (bicyclic) bond motifs is 1. The number of nitrogens with one attached hydrogen (secondary N) is 1. The van der Waals surface area contributed by atoms with Gasteiger partial charge < -0.3 is 44.0 Å². The zero-order chi connectivity index (χ0) is 26.0. The summed E-state index contributed by atoms with van der Waals surface area (Å²) in [4.78, 5) is 13.2. The van der Waals surface area contributed by atoms with Crippen LogP contribution in [0.4, 0.5) is 5.69 Å². The fourth-order valence-electron chi connectivity index (χ4n) is 4.31. The quantitative estimate of drug-likeness (QED) is 0.272. The number of para-hydroxylation sites is 2. The Bertz CT molecular complexity index is 1070. The van der Waals surface area contributed by atoms with Gasteiger partial charge in [0, 0.05) is 25.0 Å². The molecule has 3 N–H and O–H groups in total. The van der Waals surface area contributed by atoms with Crippen LogP contribution in [0, 0.1) is 5.92 Å². The highest BCUT2D eigenvalue weighted by molar-refractivity contribution is 6.03. The first kappa shape index (κ1) is 26.7. The molecule has 10 nitrogen and oxygen atoms in total. The number of phenols is 1. The maximum atomic E-state index is 13.2. The lowest BCUT2D eigenvalue weighted by atomic mass is 9.81. The van der Waals surface area contributed by atoms with Crippen LogP contribution in [0.3, 0.4) is 0 Å². The van der Waals surface area contributed by atoms with Gasteiger partial charge in [0.05, 0.1) is 32.1 Å². The highest BCUT2D eigenvalue weighted by Crippen LogP contribution is 2.42. The maximum Gasteiger partial charge on any atom is 0.290 e. The number of hydrogen-bond donors (Lipinski definition) is 3. The summed E-state index contributed by atoms with van der Waals surface area (Å²) < 4.78 is 34.0. The van der Waals surface area contributed by atoms with E-state index < -0.39 is 12.2 Å². The summed E-state index contributed by atoms with van der Waals surface area (Å²) in [7, 11) is 0. The number of ether oxygens (including phenoxy) is 6. The number of anilines is 1. The first-order valence-electron chi connectivity index (χ1n) is 12.4. The van der Waals surface area contributed by atoms with Gasteiger partial charge in [0.25, 0.3) is 5.91 Å². The third-order valence-electron chi connectivity index (χ3n) is 6.08. The Hall–Kier alpha value is -3.31. The van der Waals surface area contributed by atoms with Crippen LogP contribution in [0.2, 0.25) is 0 Å². The summed E-state index contributed by atoms with van der Waals surface area (Å²) >= 11 is 0. The molecule has 0 unspecified atom stereocenters. The largest absolute Gasteiger partial charge is 0.506 e. The van der Waals surface area contributed by atoms with Crippen LogP contribution in [0.1, 0.15) is 24.8 Å². The van der Waals surface area contributed by atoms with Crippen molar-refractivity contribution in [2.45, 2.75) is 25.6 Å². The zero-order valence-corrected chi connectivity index (χ0v) is 20.8. The average Bonchev–Trinajstić information content (AvgIpc) is 3.38. The Labute approximate surface area is 215 Å². The molecule has 37 heavy (non-hydrogen) atoms. The number of allylic oxidation sites excluding steroid dienone is 1. The number of aliphatic hydroxyl groups excluding tert-OH is 1. The molecule has 2 aromatic rings. The van der Waals surface area contributed by atoms with E-state index in [4.69, 9.17) is 33.5 Å². The van der Waals surface area contributed by atoms with Gasteiger partial charge in [-0.3, -0.25) is 4.79 Å². The monoisotopic (exact) mass is 515 g/mol. The second-order valence-electron chi connectivity index (χ2n) is 8.48. The molecule has 0 aliphatic carbocycles. The second-order valence-corrected chi connectivity index (χ2v) is 8.48. The predicted octanol–water partition coefficient (Wildman–Crippen LogP) is 3.15. The van der Waals surface area contributed by atoms with E-state index in [0.717, 1.165) is 5.56 Å². The Morgan fingerprint density at radius 2 is 1.84 bits per heavy atom. The van der Waals surface area contributed by atoms with E-state index in [9.17, 15) is 9.90 Å². The topological polar surface area (TPSA) is 125 Å². The van der Waals surface area contributed by atoms with E-state index in [0.29, 0.717) is 44.3 Å². The fraction of sp³-hybridized carbons (Fsp3) is 0.444. The van der Waals surface area contributed by atoms with E-state index in [1.807, 2.05) is 25.1 Å². The third-order valence-corrected chi connectivity index (χ3v) is 6.08. The summed E-state index contributed by atoms with van der Waals surface area (Å²) in [6.07, 6.45) is 1.66. The summed E-state index contributed by atoms with van der Waals surface area (Å²) in [6.45, 7) is 3.87. The Morgan fingerprint density at radius 1 is 1.05 bits per heavy atom. The average molecular weight is 516 g/mol. The highest BCUT2D eigenvalue weighted by atomic mass is 16.7. The number of hydrogen-bond acceptors (Lipinski definition) is 9. The van der Waals surface area contributed by atoms with Crippen molar-refractivity contribution in [3.05, 3.63) is 59.9 Å². The third kappa shape index (κ3) is 6.92. The molecule has 0 spiro atoms. The van der Waals surface area contributed by atoms with E-state index in [1.165, 1.54) is 6.07 Å². The molecule has 0 fully saturated rings. The van der Waals surface area contributed by atoms with Crippen molar-refractivity contribution in [1.29, 1.82) is 0 Å². The molecule has 1 amide bonds. The minimum absolute atomic E-state index is 0.0290. The summed E-state index contributed by atoms with van der Waals surface area (Å²) in [5.74, 6) is 0.452. The number of aliphatic hydroxyl groups is 1. The fourth-order valence-corrected chi connectivity index (χ4v) is 4.31. The molecule has 2 heterocycles. The molecule has 0 saturated heterocycles. The van der Waals surface area contributed by atoms with E-state index in [-0.39, 0.29) is 49.0 Å². The SMILES string of the molecule is CCO[C@H]1OC(C(=O)Nc2ccccc2O)=C[C@@H](c2ccc3c(c2)OCO3)[C@@H]1CCOCCOCCO. The van der Waals surface area contributed by atoms with Crippen LogP contribution >= 0.6 is 0 Å². The van der Waals surface area contributed by atoms with Crippen molar-refractivity contribution >= 4 is 11.6 Å². The van der Waals surface area contributed by atoms with Crippen LogP contribution in [0.15, 0.2) is 54.3 Å². The number of amides is 1. The van der Waals surface area contributed by atoms with Crippen molar-refractivity contribution in [3.63, 3.8) is 0 Å². The smallest absolute Gasteiger partial charge is 0.290 e. The molecule has 2 aliphatic heterocycles. The molecule has 0 bridgehead atoms. The van der Waals surface area contributed by atoms with Crippen molar-refractivity contribution in [2.24, 2.45) is 5.92 Å². The maximum absolute atomic E-state index is 13.2. The van der Waals surface area contributed by atoms with E-state index in [2.05, 4.69) is 5.32 Å². The predicted molar refractivity (Wildman–Crippen MR) is 133 cm³/mol. The van der Waals surface area contributed by atoms with Crippen molar-refractivity contribution < 1.29 is 43.4 Å². The number of carbonyl (C=O) groups is 1. The van der Waals surface area contributed by atoms with Crippen LogP contribution in [-0.2, 0) is 23.7 Å². The second kappa shape index (κ2) is 13.3. The van der Waals surface area contributed by atoms with Crippen molar-refractivity contribution in [2.75, 3.05) is 51.8 Å². The lowest BCUT2D eigenvalue weighted by Crippen LogP contribution is -2.38. The van der Waals surface area contributed by atoms with Gasteiger partial charge in [-0.15, -0.1) is 0 Å². The molecular formula is C27H33NO9. The van der Waals surface area contributed by atoms with Gasteiger partial charge in [-0.1, -0.05) is 18.2 Å². The summed E-state index contributed by atoms with van der Waals surface area (Å²) in [5, 5.41) is 21.6. The summed E-state index contributed by atoms with van der Waals surface area (Å²) in [6, 6.07) is 12.2. The van der Waals surface area contributed by atoms with Crippen LogP contribution in [-0.4, -0.2) is 68.8 Å². The van der Waals surface area contributed by atoms with Crippen molar-refractivity contribution in [1.82, 2.24) is 0 Å². The van der Waals surface area contributed by atoms with Gasteiger partial charge >= 0.3 is 0 Å². The van der Waals surface area contributed by atoms with Crippen LogP contribution in [0.5, 0.6) is 17.2 Å². The number of aromatic hydroxyl groups is 1. The highest BCUT2D eigenvalue weighted by Gasteiger charge is 2.38. The Kier molecular flexibility index (Phi) is 9.61. The van der Waals surface area contributed by atoms with Gasteiger partial charge in [-0.05, 0) is 49.2 Å². The van der Waals surface area contributed by atoms with E-state index >= 15 is 0 Å². The van der Waals surface area contributed by atoms with Gasteiger partial charge in [0.1, 0.15) is 5.75 Å². The molecule has 2 aromatic carbocycles. The molecule has 10 heteroatoms. The molecule has 2 aliphatic rings. The lowest BCUT2D eigenvalue weighted by molar-refractivity contribution is -0.166. The number of phenolic OH excluding ortho intramolecular Hbond substituents is 1. The van der Waals surface area contributed by atoms with E-state index in [1.54, 1.807) is 24.3 Å². The van der Waals surface area contributed by atoms with Crippen LogP contribution < -0.4 is 14.8 Å². The lowest BCUT2D eigenvalue weighted by Gasteiger charge is -2.37. The standard InChI is InChI=1S/C27H33NO9/c1-2-34-27-19(9-11-32-13-14-33-12-10-29)20(18-7-8-23-24(15-18)36-17-35-23)16-25(37-27)26(31)28-21-5-3-4-6-22(21)30/h3-8,15-16,19-20,27,29-30H,2,9-14,17H2,1H3,(H,28,31)/t19-,20-,27-/m0/s1. The first-order chi connectivity index (χ1) is 18.1. The minimum atomic E-state index is -0.704. The number of benzene rings is 2. The van der Waals surface area contributed by atoms with Crippen LogP contribution in [0.25, 0.3) is 0 Å². The molecular weight excluding hydrogens is 482 g/mol. The Morgan fingerprint density at radius 3 is 2.62 bits per heavy atom. The molecule has 0 saturated carbocycles. The summed E-state index contributed by atoms with van der Waals surface area (Å²) in [5.41, 5.74) is 1.20. The zero-order valence-electron chi connectivity index (χ0n) is 20.8. The molecule has 0 aromatic heterocycles. The number of carbonyl (C=O) groups excluding carboxylic acids is 1. The first-order valence-corrected chi connectivity index (χ1v) is 12.4. The molecule has 0 radical (unpaired) electrons.